The van der Waals surface area contributed by atoms with Crippen molar-refractivity contribution in [1.29, 1.82) is 0 Å². The van der Waals surface area contributed by atoms with Crippen molar-refractivity contribution in [3.63, 3.8) is 0 Å². The highest BCUT2D eigenvalue weighted by Gasteiger charge is 2.34. The van der Waals surface area contributed by atoms with Crippen LogP contribution in [0.1, 0.15) is 17.7 Å². The lowest BCUT2D eigenvalue weighted by molar-refractivity contribution is -0.142. The van der Waals surface area contributed by atoms with Crippen molar-refractivity contribution in [2.24, 2.45) is 5.73 Å². The van der Waals surface area contributed by atoms with E-state index in [4.69, 9.17) is 10.5 Å². The highest BCUT2D eigenvalue weighted by Crippen LogP contribution is 2.21. The molecule has 126 valence electrons. The van der Waals surface area contributed by atoms with Gasteiger partial charge in [-0.15, -0.1) is 0 Å². The van der Waals surface area contributed by atoms with E-state index in [1.54, 1.807) is 6.20 Å². The van der Waals surface area contributed by atoms with E-state index in [1.807, 2.05) is 47.4 Å². The van der Waals surface area contributed by atoms with Crippen molar-refractivity contribution in [1.82, 2.24) is 9.88 Å². The van der Waals surface area contributed by atoms with Gasteiger partial charge in [-0.05, 0) is 36.2 Å². The summed E-state index contributed by atoms with van der Waals surface area (Å²) in [6.07, 6.45) is 2.24. The molecule has 3 rings (SSSR count). The van der Waals surface area contributed by atoms with Crippen LogP contribution in [0.5, 0.6) is 5.75 Å². The van der Waals surface area contributed by atoms with E-state index in [2.05, 4.69) is 4.98 Å². The zero-order chi connectivity index (χ0) is 16.9. The van der Waals surface area contributed by atoms with Gasteiger partial charge in [0.15, 0.2) is 0 Å². The Kier molecular flexibility index (Phi) is 5.08. The highest BCUT2D eigenvalue weighted by molar-refractivity contribution is 5.74. The van der Waals surface area contributed by atoms with Gasteiger partial charge >= 0.3 is 5.97 Å². The zero-order valence-corrected chi connectivity index (χ0v) is 13.3. The number of pyridine rings is 1. The number of hydrogen-bond donors (Lipinski definition) is 2. The smallest absolute Gasteiger partial charge is 0.320 e. The first-order valence-corrected chi connectivity index (χ1v) is 7.96. The number of benzene rings is 1. The quantitative estimate of drug-likeness (QED) is 0.838. The molecule has 0 amide bonds. The molecule has 0 aliphatic carbocycles. The Balaban J connectivity index is 1.57. The van der Waals surface area contributed by atoms with Gasteiger partial charge in [0.25, 0.3) is 0 Å². The summed E-state index contributed by atoms with van der Waals surface area (Å²) in [5, 5.41) is 9.28. The van der Waals surface area contributed by atoms with E-state index in [1.165, 1.54) is 0 Å². The number of hydrogen-bond acceptors (Lipinski definition) is 5. The van der Waals surface area contributed by atoms with E-state index in [9.17, 15) is 9.90 Å². The lowest BCUT2D eigenvalue weighted by Gasteiger charge is -2.21. The molecule has 24 heavy (non-hydrogen) atoms. The summed E-state index contributed by atoms with van der Waals surface area (Å²) in [4.78, 5) is 17.4. The highest BCUT2D eigenvalue weighted by atomic mass is 16.5. The minimum absolute atomic E-state index is 0.0768. The fraction of sp³-hybridized carbons (Fsp3) is 0.333. The molecule has 0 radical (unpaired) electrons. The van der Waals surface area contributed by atoms with Crippen LogP contribution >= 0.6 is 0 Å². The van der Waals surface area contributed by atoms with Crippen LogP contribution in [0, 0.1) is 0 Å². The second kappa shape index (κ2) is 7.42. The maximum atomic E-state index is 11.3. The number of nitrogens with zero attached hydrogens (tertiary/aromatic N) is 2. The summed E-state index contributed by atoms with van der Waals surface area (Å²) < 4.78 is 5.70. The van der Waals surface area contributed by atoms with Crippen molar-refractivity contribution in [2.45, 2.75) is 31.7 Å². The molecule has 6 nitrogen and oxygen atoms in total. The van der Waals surface area contributed by atoms with Crippen LogP contribution in [0.15, 0.2) is 48.7 Å². The third-order valence-electron chi connectivity index (χ3n) is 4.14. The maximum absolute atomic E-state index is 11.3. The summed E-state index contributed by atoms with van der Waals surface area (Å²) >= 11 is 0. The van der Waals surface area contributed by atoms with E-state index in [0.29, 0.717) is 26.1 Å². The maximum Gasteiger partial charge on any atom is 0.320 e. The van der Waals surface area contributed by atoms with Crippen LogP contribution in [-0.4, -0.2) is 39.6 Å². The van der Waals surface area contributed by atoms with Crippen LogP contribution in [0.3, 0.4) is 0 Å². The van der Waals surface area contributed by atoms with Crippen LogP contribution < -0.4 is 10.5 Å². The first-order valence-electron chi connectivity index (χ1n) is 7.96. The van der Waals surface area contributed by atoms with Crippen LogP contribution in [0.4, 0.5) is 0 Å². The number of ether oxygens (including phenoxy) is 1. The minimum Gasteiger partial charge on any atom is -0.487 e. The van der Waals surface area contributed by atoms with Crippen LogP contribution in [0.25, 0.3) is 0 Å². The fourth-order valence-corrected chi connectivity index (χ4v) is 2.94. The molecule has 0 spiro atoms. The predicted octanol–water partition coefficient (Wildman–Crippen LogP) is 1.65. The molecule has 1 fully saturated rings. The van der Waals surface area contributed by atoms with Gasteiger partial charge in [0.1, 0.15) is 18.4 Å². The Morgan fingerprint density at radius 2 is 2.08 bits per heavy atom. The second-order valence-electron chi connectivity index (χ2n) is 6.03. The monoisotopic (exact) mass is 327 g/mol. The van der Waals surface area contributed by atoms with Gasteiger partial charge in [0.05, 0.1) is 5.69 Å². The van der Waals surface area contributed by atoms with E-state index in [0.717, 1.165) is 17.0 Å². The summed E-state index contributed by atoms with van der Waals surface area (Å²) in [5.41, 5.74) is 7.81. The molecule has 1 aromatic heterocycles. The van der Waals surface area contributed by atoms with E-state index >= 15 is 0 Å². The third-order valence-corrected chi connectivity index (χ3v) is 4.14. The van der Waals surface area contributed by atoms with Crippen LogP contribution in [-0.2, 0) is 17.9 Å². The number of nitrogens with two attached hydrogens (primary N) is 1. The number of carbonyl (C=O) groups is 1. The molecule has 1 aliphatic rings. The topological polar surface area (TPSA) is 88.7 Å². The number of likely N-dealkylation sites (tertiary alicyclic amines) is 1. The Labute approximate surface area is 140 Å². The van der Waals surface area contributed by atoms with Crippen LogP contribution in [0.2, 0.25) is 0 Å². The van der Waals surface area contributed by atoms with Gasteiger partial charge in [-0.2, -0.15) is 0 Å². The molecule has 2 aromatic rings. The Morgan fingerprint density at radius 1 is 1.29 bits per heavy atom. The molecule has 6 heteroatoms. The first kappa shape index (κ1) is 16.4. The summed E-state index contributed by atoms with van der Waals surface area (Å²) in [7, 11) is 0. The van der Waals surface area contributed by atoms with Gasteiger partial charge in [-0.25, -0.2) is 0 Å². The molecule has 2 heterocycles. The molecule has 0 unspecified atom stereocenters. The molecule has 0 bridgehead atoms. The van der Waals surface area contributed by atoms with Gasteiger partial charge < -0.3 is 15.6 Å². The number of carboxylic acid groups (broad SMARTS) is 1. The predicted molar refractivity (Wildman–Crippen MR) is 89.4 cm³/mol. The molecule has 1 saturated heterocycles. The lowest BCUT2D eigenvalue weighted by atomic mass is 10.1. The molecule has 0 saturated carbocycles. The number of aliphatic carboxylic acids is 1. The number of rotatable bonds is 6. The number of aromatic nitrogens is 1. The fourth-order valence-electron chi connectivity index (χ4n) is 2.94. The zero-order valence-electron chi connectivity index (χ0n) is 13.3. The van der Waals surface area contributed by atoms with Gasteiger partial charge in [-0.1, -0.05) is 18.2 Å². The van der Waals surface area contributed by atoms with Gasteiger partial charge in [0, 0.05) is 25.3 Å². The lowest BCUT2D eigenvalue weighted by Crippen LogP contribution is -2.35. The Bertz CT molecular complexity index is 676. The normalized spacial score (nSPS) is 20.9. The largest absolute Gasteiger partial charge is 0.487 e. The van der Waals surface area contributed by atoms with Crippen molar-refractivity contribution in [3.05, 3.63) is 59.9 Å². The minimum atomic E-state index is -0.807. The standard InChI is InChI=1S/C18H21N3O3/c19-14-9-17(18(22)23)21(11-14)10-13-4-6-16(7-5-13)24-12-15-3-1-2-8-20-15/h1-8,14,17H,9-12,19H2,(H,22,23)/t14-,17-/m0/s1. The molecule has 3 N–H and O–H groups in total. The molecule has 2 atom stereocenters. The van der Waals surface area contributed by atoms with Gasteiger partial charge in [0.2, 0.25) is 0 Å². The van der Waals surface area contributed by atoms with Crippen molar-refractivity contribution >= 4 is 5.97 Å². The molecule has 1 aromatic carbocycles. The average Bonchev–Trinajstić information content (AvgIpc) is 2.96. The molecule has 1 aliphatic heterocycles. The van der Waals surface area contributed by atoms with E-state index in [-0.39, 0.29) is 6.04 Å². The Morgan fingerprint density at radius 3 is 2.75 bits per heavy atom. The third kappa shape index (κ3) is 4.10. The summed E-state index contributed by atoms with van der Waals surface area (Å²) in [6.45, 7) is 1.60. The average molecular weight is 327 g/mol. The first-order chi connectivity index (χ1) is 11.6. The van der Waals surface area contributed by atoms with Crippen molar-refractivity contribution in [2.75, 3.05) is 6.54 Å². The van der Waals surface area contributed by atoms with Gasteiger partial charge in [-0.3, -0.25) is 14.7 Å². The number of carboxylic acids is 1. The van der Waals surface area contributed by atoms with E-state index < -0.39 is 12.0 Å². The molecular formula is C18H21N3O3. The Hall–Kier alpha value is -2.44. The summed E-state index contributed by atoms with van der Waals surface area (Å²) in [5.74, 6) is -0.0458. The second-order valence-corrected chi connectivity index (χ2v) is 6.03. The van der Waals surface area contributed by atoms with Crippen molar-refractivity contribution < 1.29 is 14.6 Å². The van der Waals surface area contributed by atoms with Crippen molar-refractivity contribution in [3.8, 4) is 5.75 Å². The summed E-state index contributed by atoms with van der Waals surface area (Å²) in [6, 6.07) is 12.8. The SMILES string of the molecule is N[C@H]1C[C@@H](C(=O)O)N(Cc2ccc(OCc3ccccn3)cc2)C1. The molecular weight excluding hydrogens is 306 g/mol.